The molecule has 5 nitrogen and oxygen atoms in total. The number of aldehydes is 1. The van der Waals surface area contributed by atoms with Gasteiger partial charge < -0.3 is 5.73 Å². The summed E-state index contributed by atoms with van der Waals surface area (Å²) >= 11 is 59.4. The Morgan fingerprint density at radius 1 is 0.342 bits per heavy atom. The van der Waals surface area contributed by atoms with Gasteiger partial charge in [0.15, 0.2) is 0 Å². The molecule has 0 bridgehead atoms. The molecule has 0 fully saturated rings. The van der Waals surface area contributed by atoms with E-state index >= 15 is 0 Å². The maximum Gasteiger partial charge on any atom is 0.416 e. The van der Waals surface area contributed by atoms with E-state index in [1.165, 1.54) is 11.1 Å². The molecule has 0 aliphatic rings. The van der Waals surface area contributed by atoms with Crippen molar-refractivity contribution in [3.8, 4) is 0 Å². The lowest BCUT2D eigenvalue weighted by Crippen LogP contribution is -2.32. The van der Waals surface area contributed by atoms with Gasteiger partial charge in [0.1, 0.15) is 17.3 Å². The van der Waals surface area contributed by atoms with Crippen LogP contribution in [0.25, 0.3) is 0 Å². The van der Waals surface area contributed by atoms with Crippen molar-refractivity contribution in [2.75, 3.05) is 5.75 Å². The molecule has 8 aromatic rings. The standard InChI is InChI=1S/2C20H21Cl2F3.C16H24Cl2OS.C14H19Cl2NOS.C11H15Cl2N.C8H5F3O.2ClH/c2*1-19(2,12-10-15-5-8-17(21)18(22)13-15)11-9-14-3-6-16(7-4-14)20(23,24)25;1-15(2,3)20(19)11-16(4,5)9-8-12-6-7-13(17)14(18)10-12;1-10(17-19(18)14(2,3)4)5-6-11-7-8-12(15)13(16)9-11;1-11(2,14)6-5-8-3-4-9(12)10(13)7-8;9-8(10,11)7-3-1-6(5-12)2-4-7;;/h2*3-8,13H,9-12H2,1-2H3;6-7,10H,8-9,11H2,1-5H3;7-9H,5-6H2,1-4H3;3-4,7H,5-6,14H2,1-2H3;1-5H;2*1H/t;;20-;19-;;;;/m..01..../s1. The van der Waals surface area contributed by atoms with E-state index in [1.54, 1.807) is 42.5 Å². The molecule has 0 heterocycles. The highest BCUT2D eigenvalue weighted by Gasteiger charge is 2.33. The Hall–Kier alpha value is -3.79. The van der Waals surface area contributed by atoms with Gasteiger partial charge in [0.2, 0.25) is 0 Å². The lowest BCUT2D eigenvalue weighted by molar-refractivity contribution is -0.138. The van der Waals surface area contributed by atoms with Crippen LogP contribution in [0.15, 0.2) is 168 Å². The number of halogens is 21. The van der Waals surface area contributed by atoms with Gasteiger partial charge in [-0.1, -0.05) is 224 Å². The summed E-state index contributed by atoms with van der Waals surface area (Å²) < 4.78 is 139. The van der Waals surface area contributed by atoms with Gasteiger partial charge in [-0.2, -0.15) is 43.9 Å². The highest BCUT2D eigenvalue weighted by molar-refractivity contribution is 7.86. The van der Waals surface area contributed by atoms with Gasteiger partial charge >= 0.3 is 18.5 Å². The average Bonchev–Trinajstić information content (AvgIpc) is 0.863. The Labute approximate surface area is 755 Å². The van der Waals surface area contributed by atoms with Gasteiger partial charge in [-0.05, 0) is 304 Å². The third kappa shape index (κ3) is 45.4. The molecule has 0 aliphatic heterocycles. The Bertz CT molecular complexity index is 4320. The van der Waals surface area contributed by atoms with Crippen molar-refractivity contribution in [2.24, 2.45) is 26.4 Å². The van der Waals surface area contributed by atoms with Crippen molar-refractivity contribution in [1.29, 1.82) is 0 Å². The van der Waals surface area contributed by atoms with Crippen LogP contribution in [0.3, 0.4) is 0 Å². The van der Waals surface area contributed by atoms with Crippen LogP contribution in [0.2, 0.25) is 50.2 Å². The molecule has 0 aromatic heterocycles. The molecule has 0 spiro atoms. The third-order valence-electron chi connectivity index (χ3n) is 18.1. The fourth-order valence-electron chi connectivity index (χ4n) is 10.4. The first-order chi connectivity index (χ1) is 52.8. The molecule has 2 atom stereocenters. The molecule has 8 aromatic carbocycles. The number of aryl methyl sites for hydroxylation is 7. The van der Waals surface area contributed by atoms with Crippen LogP contribution < -0.4 is 5.73 Å². The largest absolute Gasteiger partial charge is 0.416 e. The van der Waals surface area contributed by atoms with E-state index in [4.69, 9.17) is 122 Å². The van der Waals surface area contributed by atoms with Crippen molar-refractivity contribution in [1.82, 2.24) is 0 Å². The zero-order valence-electron chi connectivity index (χ0n) is 68.3. The SMILES string of the molecule is CC(C)(CCc1ccc(C(F)(F)F)cc1)CCc1ccc(Cl)c(Cl)c1.CC(C)(CCc1ccc(C(F)(F)F)cc1)CCc1ccc(Cl)c(Cl)c1.CC(C)(CCc1ccc(Cl)c(Cl)c1)C[S@](=O)C(C)(C)C.CC(C)(N)CCc1ccc(Cl)c(Cl)c1.CC(CCc1ccc(Cl)c(Cl)c1)=N[S@](=O)C(C)(C)C.Cl.Cl.O=Cc1ccc(C(F)(F)F)cc1. The van der Waals surface area contributed by atoms with E-state index in [0.717, 1.165) is 178 Å². The number of hydrogen-bond acceptors (Lipinski definition) is 4. The third-order valence-corrected chi connectivity index (χ3v) is 25.7. The van der Waals surface area contributed by atoms with Crippen molar-refractivity contribution in [3.63, 3.8) is 0 Å². The van der Waals surface area contributed by atoms with E-state index in [0.29, 0.717) is 56.5 Å². The molecule has 0 unspecified atom stereocenters. The van der Waals surface area contributed by atoms with E-state index in [1.807, 2.05) is 135 Å². The molecule has 28 heteroatoms. The summed E-state index contributed by atoms with van der Waals surface area (Å²) in [6, 6.07) is 43.3. The summed E-state index contributed by atoms with van der Waals surface area (Å²) in [5.74, 6) is 0.720. The van der Waals surface area contributed by atoms with Crippen molar-refractivity contribution in [3.05, 3.63) is 275 Å². The number of benzene rings is 8. The molecule has 0 saturated carbocycles. The minimum Gasteiger partial charge on any atom is -0.326 e. The Balaban J connectivity index is 0.000000711. The Morgan fingerprint density at radius 3 is 0.821 bits per heavy atom. The second kappa shape index (κ2) is 50.2. The van der Waals surface area contributed by atoms with Gasteiger partial charge in [-0.25, -0.2) is 4.21 Å². The normalized spacial score (nSPS) is 12.7. The summed E-state index contributed by atoms with van der Waals surface area (Å²) in [6.07, 6.45) is -0.0308. The smallest absolute Gasteiger partial charge is 0.326 e. The molecule has 2 N–H and O–H groups in total. The maximum atomic E-state index is 12.6. The molecule has 650 valence electrons. The van der Waals surface area contributed by atoms with E-state index in [-0.39, 0.29) is 61.7 Å². The summed E-state index contributed by atoms with van der Waals surface area (Å²) in [4.78, 5) is 10.1. The number of nitrogens with zero attached hydrogens (tertiary/aromatic N) is 1. The van der Waals surface area contributed by atoms with Crippen molar-refractivity contribution >= 4 is 175 Å². The number of carbonyl (C=O) groups is 1. The quantitative estimate of drug-likeness (QED) is 0.0351. The van der Waals surface area contributed by atoms with Crippen molar-refractivity contribution in [2.45, 2.75) is 227 Å². The number of rotatable bonds is 25. The number of nitrogens with two attached hydrogens (primary N) is 1. The second-order valence-corrected chi connectivity index (χ2v) is 41.3. The summed E-state index contributed by atoms with van der Waals surface area (Å²) in [7, 11) is -2.01. The molecule has 0 aliphatic carbocycles. The second-order valence-electron chi connectivity index (χ2n) is 33.1. The summed E-state index contributed by atoms with van der Waals surface area (Å²) in [5.41, 5.74) is 12.7. The van der Waals surface area contributed by atoms with E-state index < -0.39 is 57.0 Å². The monoisotopic (exact) mass is 1910 g/mol. The molecule has 8 rings (SSSR count). The van der Waals surface area contributed by atoms with Crippen LogP contribution in [-0.2, 0) is 85.3 Å². The van der Waals surface area contributed by atoms with Crippen molar-refractivity contribution < 1.29 is 52.7 Å². The topological polar surface area (TPSA) is 89.6 Å². The minimum atomic E-state index is -4.33. The van der Waals surface area contributed by atoms with Crippen LogP contribution >= 0.6 is 141 Å². The predicted octanol–water partition coefficient (Wildman–Crippen LogP) is 32.6. The van der Waals surface area contributed by atoms with Crippen LogP contribution in [0.4, 0.5) is 39.5 Å². The van der Waals surface area contributed by atoms with E-state index in [2.05, 4.69) is 45.9 Å². The molecule has 0 amide bonds. The maximum absolute atomic E-state index is 12.6. The minimum absolute atomic E-state index is 0. The van der Waals surface area contributed by atoms with Gasteiger partial charge in [0.05, 0.1) is 71.7 Å². The lowest BCUT2D eigenvalue weighted by atomic mass is 9.81. The van der Waals surface area contributed by atoms with Gasteiger partial charge in [0, 0.05) is 38.1 Å². The van der Waals surface area contributed by atoms with Crippen LogP contribution in [-0.4, -0.2) is 41.2 Å². The summed E-state index contributed by atoms with van der Waals surface area (Å²) in [5, 5.41) is 5.73. The van der Waals surface area contributed by atoms with Crippen LogP contribution in [0.1, 0.15) is 215 Å². The number of hydrogen-bond donors (Lipinski definition) is 1. The molecule has 117 heavy (non-hydrogen) atoms. The average molecular weight is 1910 g/mol. The molecular weight excluding hydrogens is 1810 g/mol. The molecule has 0 saturated heterocycles. The first-order valence-electron chi connectivity index (χ1n) is 37.0. The lowest BCUT2D eigenvalue weighted by Gasteiger charge is -2.28. The van der Waals surface area contributed by atoms with Gasteiger partial charge in [0.25, 0.3) is 0 Å². The Kier molecular flexibility index (Phi) is 47.8. The molecular formula is C89H107Cl12F9N2O3S2. The fourth-order valence-corrected chi connectivity index (χ4v) is 13.9. The summed E-state index contributed by atoms with van der Waals surface area (Å²) in [6.45, 7) is 30.8. The van der Waals surface area contributed by atoms with Crippen LogP contribution in [0.5, 0.6) is 0 Å². The van der Waals surface area contributed by atoms with Gasteiger partial charge in [-0.15, -0.1) is 24.8 Å². The fraction of sp³-hybridized carbons (Fsp3) is 0.438. The van der Waals surface area contributed by atoms with Gasteiger partial charge in [-0.3, -0.25) is 9.00 Å². The molecule has 0 radical (unpaired) electrons. The predicted molar refractivity (Wildman–Crippen MR) is 488 cm³/mol. The van der Waals surface area contributed by atoms with Crippen LogP contribution in [0, 0.1) is 16.2 Å². The first kappa shape index (κ1) is 111. The zero-order chi connectivity index (χ0) is 87.5. The highest BCUT2D eigenvalue weighted by atomic mass is 35.5. The number of carbonyl (C=O) groups excluding carboxylic acids is 1. The number of alkyl halides is 9. The zero-order valence-corrected chi connectivity index (χ0v) is 79.2. The first-order valence-corrected chi connectivity index (χ1v) is 43.3. The van der Waals surface area contributed by atoms with E-state index in [9.17, 15) is 52.7 Å². The highest BCUT2D eigenvalue weighted by Crippen LogP contribution is 2.38. The Morgan fingerprint density at radius 2 is 0.581 bits per heavy atom.